The quantitative estimate of drug-likeness (QED) is 0.706. The van der Waals surface area contributed by atoms with Crippen LogP contribution < -0.4 is 5.32 Å². The third-order valence-electron chi connectivity index (χ3n) is 4.06. The number of hydrogen-bond donors (Lipinski definition) is 1. The molecule has 0 heterocycles. The fraction of sp³-hybridized carbons (Fsp3) is 1.00. The second-order valence-corrected chi connectivity index (χ2v) is 5.06. The Balaban J connectivity index is 1.66. The predicted molar refractivity (Wildman–Crippen MR) is 56.8 cm³/mol. The largest absolute Gasteiger partial charge is 0.314 e. The van der Waals surface area contributed by atoms with Gasteiger partial charge in [0.1, 0.15) is 0 Å². The molecule has 1 nitrogen and oxygen atoms in total. The lowest BCUT2D eigenvalue weighted by Gasteiger charge is -2.19. The Labute approximate surface area is 82.3 Å². The second-order valence-electron chi connectivity index (χ2n) is 5.06. The van der Waals surface area contributed by atoms with Gasteiger partial charge in [-0.25, -0.2) is 0 Å². The molecule has 0 saturated heterocycles. The highest BCUT2D eigenvalue weighted by atomic mass is 14.9. The van der Waals surface area contributed by atoms with Crippen molar-refractivity contribution in [2.45, 2.75) is 57.9 Å². The van der Waals surface area contributed by atoms with E-state index in [0.29, 0.717) is 0 Å². The van der Waals surface area contributed by atoms with Gasteiger partial charge in [-0.05, 0) is 37.6 Å². The first kappa shape index (κ1) is 9.51. The Bertz CT molecular complexity index is 149. The standard InChI is InChI=1S/C12H23N/c1-10-5-4-6-11(10)9-13-12-7-2-3-8-12/h10-13H,2-9H2,1H3. The van der Waals surface area contributed by atoms with Crippen molar-refractivity contribution in [1.82, 2.24) is 5.32 Å². The van der Waals surface area contributed by atoms with Gasteiger partial charge < -0.3 is 5.32 Å². The third-order valence-corrected chi connectivity index (χ3v) is 4.06. The molecule has 2 unspecified atom stereocenters. The SMILES string of the molecule is CC1CCCC1CNC1CCCC1. The Morgan fingerprint density at radius 3 is 2.38 bits per heavy atom. The fourth-order valence-electron chi connectivity index (χ4n) is 2.97. The summed E-state index contributed by atoms with van der Waals surface area (Å²) in [6.07, 6.45) is 10.2. The van der Waals surface area contributed by atoms with E-state index in [0.717, 1.165) is 17.9 Å². The molecule has 2 aliphatic carbocycles. The molecule has 76 valence electrons. The van der Waals surface area contributed by atoms with Crippen molar-refractivity contribution in [2.75, 3.05) is 6.54 Å². The molecule has 2 aliphatic rings. The highest BCUT2D eigenvalue weighted by molar-refractivity contribution is 4.80. The van der Waals surface area contributed by atoms with Crippen LogP contribution in [0.25, 0.3) is 0 Å². The van der Waals surface area contributed by atoms with E-state index in [4.69, 9.17) is 0 Å². The van der Waals surface area contributed by atoms with Gasteiger partial charge in [-0.15, -0.1) is 0 Å². The zero-order valence-corrected chi connectivity index (χ0v) is 8.89. The molecule has 0 amide bonds. The Morgan fingerprint density at radius 2 is 1.77 bits per heavy atom. The van der Waals surface area contributed by atoms with Gasteiger partial charge in [-0.1, -0.05) is 32.6 Å². The fourth-order valence-corrected chi connectivity index (χ4v) is 2.97. The lowest BCUT2D eigenvalue weighted by Crippen LogP contribution is -2.32. The van der Waals surface area contributed by atoms with Gasteiger partial charge in [0.05, 0.1) is 0 Å². The lowest BCUT2D eigenvalue weighted by molar-refractivity contribution is 0.367. The summed E-state index contributed by atoms with van der Waals surface area (Å²) in [6.45, 7) is 3.72. The van der Waals surface area contributed by atoms with Gasteiger partial charge >= 0.3 is 0 Å². The summed E-state index contributed by atoms with van der Waals surface area (Å²) in [5.41, 5.74) is 0. The third kappa shape index (κ3) is 2.46. The van der Waals surface area contributed by atoms with E-state index in [-0.39, 0.29) is 0 Å². The molecule has 0 aromatic heterocycles. The van der Waals surface area contributed by atoms with Crippen molar-refractivity contribution in [1.29, 1.82) is 0 Å². The molecule has 13 heavy (non-hydrogen) atoms. The van der Waals surface area contributed by atoms with E-state index in [1.807, 2.05) is 0 Å². The highest BCUT2D eigenvalue weighted by Crippen LogP contribution is 2.31. The number of rotatable bonds is 3. The van der Waals surface area contributed by atoms with E-state index in [1.165, 1.54) is 51.5 Å². The van der Waals surface area contributed by atoms with Crippen LogP contribution in [0.4, 0.5) is 0 Å². The number of nitrogens with one attached hydrogen (secondary N) is 1. The highest BCUT2D eigenvalue weighted by Gasteiger charge is 2.24. The summed E-state index contributed by atoms with van der Waals surface area (Å²) >= 11 is 0. The van der Waals surface area contributed by atoms with Crippen molar-refractivity contribution < 1.29 is 0 Å². The van der Waals surface area contributed by atoms with Crippen molar-refractivity contribution in [3.63, 3.8) is 0 Å². The first-order valence-corrected chi connectivity index (χ1v) is 6.09. The first-order chi connectivity index (χ1) is 6.36. The lowest BCUT2D eigenvalue weighted by atomic mass is 9.98. The molecule has 0 aromatic carbocycles. The minimum absolute atomic E-state index is 0.868. The van der Waals surface area contributed by atoms with Gasteiger partial charge in [0, 0.05) is 6.04 Å². The van der Waals surface area contributed by atoms with Crippen LogP contribution in [0.3, 0.4) is 0 Å². The van der Waals surface area contributed by atoms with Crippen LogP contribution in [0, 0.1) is 11.8 Å². The molecule has 2 atom stereocenters. The summed E-state index contributed by atoms with van der Waals surface area (Å²) in [5, 5.41) is 3.75. The van der Waals surface area contributed by atoms with Gasteiger partial charge in [0.25, 0.3) is 0 Å². The van der Waals surface area contributed by atoms with E-state index in [9.17, 15) is 0 Å². The van der Waals surface area contributed by atoms with Crippen molar-refractivity contribution in [3.05, 3.63) is 0 Å². The average molecular weight is 181 g/mol. The smallest absolute Gasteiger partial charge is 0.00671 e. The minimum atomic E-state index is 0.868. The van der Waals surface area contributed by atoms with Gasteiger partial charge in [-0.2, -0.15) is 0 Å². The van der Waals surface area contributed by atoms with Crippen LogP contribution in [-0.2, 0) is 0 Å². The molecular formula is C12H23N. The van der Waals surface area contributed by atoms with Crippen LogP contribution in [0.5, 0.6) is 0 Å². The first-order valence-electron chi connectivity index (χ1n) is 6.09. The molecule has 2 fully saturated rings. The normalized spacial score (nSPS) is 35.8. The van der Waals surface area contributed by atoms with Crippen LogP contribution in [0.2, 0.25) is 0 Å². The van der Waals surface area contributed by atoms with Gasteiger partial charge in [-0.3, -0.25) is 0 Å². The molecule has 0 spiro atoms. The maximum absolute atomic E-state index is 3.75. The molecule has 1 heteroatoms. The molecule has 2 rings (SSSR count). The molecule has 0 aliphatic heterocycles. The molecular weight excluding hydrogens is 158 g/mol. The van der Waals surface area contributed by atoms with Gasteiger partial charge in [0.2, 0.25) is 0 Å². The second kappa shape index (κ2) is 4.45. The van der Waals surface area contributed by atoms with Crippen molar-refractivity contribution in [3.8, 4) is 0 Å². The van der Waals surface area contributed by atoms with E-state index in [1.54, 1.807) is 0 Å². The molecule has 1 N–H and O–H groups in total. The molecule has 2 saturated carbocycles. The summed E-state index contributed by atoms with van der Waals surface area (Å²) < 4.78 is 0. The molecule has 0 aromatic rings. The maximum Gasteiger partial charge on any atom is 0.00671 e. The zero-order chi connectivity index (χ0) is 9.10. The number of hydrogen-bond acceptors (Lipinski definition) is 1. The average Bonchev–Trinajstić information content (AvgIpc) is 2.72. The molecule has 0 radical (unpaired) electrons. The summed E-state index contributed by atoms with van der Waals surface area (Å²) in [6, 6.07) is 0.868. The van der Waals surface area contributed by atoms with E-state index < -0.39 is 0 Å². The summed E-state index contributed by atoms with van der Waals surface area (Å²) in [7, 11) is 0. The minimum Gasteiger partial charge on any atom is -0.314 e. The van der Waals surface area contributed by atoms with Crippen molar-refractivity contribution >= 4 is 0 Å². The van der Waals surface area contributed by atoms with Crippen LogP contribution in [0.1, 0.15) is 51.9 Å². The van der Waals surface area contributed by atoms with Crippen LogP contribution in [-0.4, -0.2) is 12.6 Å². The summed E-state index contributed by atoms with van der Waals surface area (Å²) in [5.74, 6) is 1.97. The summed E-state index contributed by atoms with van der Waals surface area (Å²) in [4.78, 5) is 0. The van der Waals surface area contributed by atoms with E-state index >= 15 is 0 Å². The Morgan fingerprint density at radius 1 is 1.00 bits per heavy atom. The van der Waals surface area contributed by atoms with Crippen LogP contribution in [0.15, 0.2) is 0 Å². The van der Waals surface area contributed by atoms with E-state index in [2.05, 4.69) is 12.2 Å². The molecule has 0 bridgehead atoms. The van der Waals surface area contributed by atoms with Crippen molar-refractivity contribution in [2.24, 2.45) is 11.8 Å². The maximum atomic E-state index is 3.75. The monoisotopic (exact) mass is 181 g/mol. The Kier molecular flexibility index (Phi) is 3.26. The topological polar surface area (TPSA) is 12.0 Å². The predicted octanol–water partition coefficient (Wildman–Crippen LogP) is 2.95. The zero-order valence-electron chi connectivity index (χ0n) is 8.89. The Hall–Kier alpha value is -0.0400. The van der Waals surface area contributed by atoms with Gasteiger partial charge in [0.15, 0.2) is 0 Å². The van der Waals surface area contributed by atoms with Crippen LogP contribution >= 0.6 is 0 Å².